The zero-order chi connectivity index (χ0) is 12.3. The molecule has 0 aromatic carbocycles. The van der Waals surface area contributed by atoms with Gasteiger partial charge in [0.15, 0.2) is 0 Å². The van der Waals surface area contributed by atoms with E-state index in [4.69, 9.17) is 0 Å². The van der Waals surface area contributed by atoms with Gasteiger partial charge < -0.3 is 10.2 Å². The molecule has 1 aliphatic rings. The molecule has 1 atom stereocenters. The lowest BCUT2D eigenvalue weighted by Gasteiger charge is -2.28. The average molecular weight is 233 g/mol. The van der Waals surface area contributed by atoms with Gasteiger partial charge in [-0.15, -0.1) is 0 Å². The van der Waals surface area contributed by atoms with Crippen LogP contribution in [0.5, 0.6) is 0 Å². The summed E-state index contributed by atoms with van der Waals surface area (Å²) >= 11 is 0. The Morgan fingerprint density at radius 2 is 2.29 bits per heavy atom. The zero-order valence-electron chi connectivity index (χ0n) is 11.1. The third kappa shape index (κ3) is 2.97. The Balaban J connectivity index is 2.11. The van der Waals surface area contributed by atoms with Crippen molar-refractivity contribution in [2.45, 2.75) is 39.3 Å². The summed E-state index contributed by atoms with van der Waals surface area (Å²) in [6.45, 7) is 6.39. The van der Waals surface area contributed by atoms with Gasteiger partial charge in [0.1, 0.15) is 0 Å². The number of nitrogens with zero attached hydrogens (tertiary/aromatic N) is 2. The maximum Gasteiger partial charge on any atom is 0.0598 e. The fourth-order valence-corrected chi connectivity index (χ4v) is 2.26. The Kier molecular flexibility index (Phi) is 4.00. The molecule has 1 heterocycles. The molecule has 2 rings (SSSR count). The summed E-state index contributed by atoms with van der Waals surface area (Å²) in [6.07, 6.45) is 6.64. The van der Waals surface area contributed by atoms with Crippen LogP contribution in [-0.4, -0.2) is 24.6 Å². The molecule has 0 radical (unpaired) electrons. The first-order valence-corrected chi connectivity index (χ1v) is 6.60. The SMILES string of the molecule is CCNCc1ccncc1N(C)C(C)C1CC1. The molecule has 3 nitrogen and oxygen atoms in total. The van der Waals surface area contributed by atoms with E-state index in [0.717, 1.165) is 19.0 Å². The molecule has 1 fully saturated rings. The highest BCUT2D eigenvalue weighted by atomic mass is 15.1. The van der Waals surface area contributed by atoms with Crippen LogP contribution in [0.3, 0.4) is 0 Å². The van der Waals surface area contributed by atoms with Crippen LogP contribution in [0.25, 0.3) is 0 Å². The maximum absolute atomic E-state index is 4.27. The molecule has 0 saturated heterocycles. The van der Waals surface area contributed by atoms with Gasteiger partial charge in [-0.2, -0.15) is 0 Å². The second kappa shape index (κ2) is 5.50. The summed E-state index contributed by atoms with van der Waals surface area (Å²) in [7, 11) is 2.19. The van der Waals surface area contributed by atoms with Crippen LogP contribution in [0.15, 0.2) is 18.5 Å². The molecule has 0 amide bonds. The number of hydrogen-bond acceptors (Lipinski definition) is 3. The molecule has 1 N–H and O–H groups in total. The van der Waals surface area contributed by atoms with E-state index in [2.05, 4.69) is 42.2 Å². The van der Waals surface area contributed by atoms with Crippen molar-refractivity contribution in [3.05, 3.63) is 24.0 Å². The number of hydrogen-bond donors (Lipinski definition) is 1. The number of anilines is 1. The molecule has 1 aliphatic carbocycles. The lowest BCUT2D eigenvalue weighted by Crippen LogP contribution is -2.32. The third-order valence-electron chi connectivity index (χ3n) is 3.75. The molecule has 1 aromatic heterocycles. The Bertz CT molecular complexity index is 360. The highest BCUT2D eigenvalue weighted by Gasteiger charge is 2.31. The molecule has 1 unspecified atom stereocenters. The minimum atomic E-state index is 0.625. The maximum atomic E-state index is 4.27. The van der Waals surface area contributed by atoms with Crippen molar-refractivity contribution in [3.8, 4) is 0 Å². The molecule has 3 heteroatoms. The molecule has 0 bridgehead atoms. The monoisotopic (exact) mass is 233 g/mol. The highest BCUT2D eigenvalue weighted by molar-refractivity contribution is 5.52. The fraction of sp³-hybridized carbons (Fsp3) is 0.643. The van der Waals surface area contributed by atoms with Crippen molar-refractivity contribution in [1.29, 1.82) is 0 Å². The molecule has 94 valence electrons. The van der Waals surface area contributed by atoms with Crippen LogP contribution in [0.1, 0.15) is 32.3 Å². The normalized spacial score (nSPS) is 16.9. The van der Waals surface area contributed by atoms with E-state index in [1.807, 2.05) is 12.4 Å². The van der Waals surface area contributed by atoms with Crippen molar-refractivity contribution in [3.63, 3.8) is 0 Å². The molecular weight excluding hydrogens is 210 g/mol. The first kappa shape index (κ1) is 12.4. The molecular formula is C14H23N3. The Morgan fingerprint density at radius 1 is 1.53 bits per heavy atom. The number of pyridine rings is 1. The molecule has 0 spiro atoms. The predicted octanol–water partition coefficient (Wildman–Crippen LogP) is 2.43. The summed E-state index contributed by atoms with van der Waals surface area (Å²) in [6, 6.07) is 2.74. The highest BCUT2D eigenvalue weighted by Crippen LogP contribution is 2.36. The third-order valence-corrected chi connectivity index (χ3v) is 3.75. The summed E-state index contributed by atoms with van der Waals surface area (Å²) < 4.78 is 0. The van der Waals surface area contributed by atoms with Gasteiger partial charge in [0, 0.05) is 25.8 Å². The van der Waals surface area contributed by atoms with Crippen molar-refractivity contribution < 1.29 is 0 Å². The Hall–Kier alpha value is -1.09. The van der Waals surface area contributed by atoms with E-state index in [0.29, 0.717) is 6.04 Å². The smallest absolute Gasteiger partial charge is 0.0598 e. The molecule has 0 aliphatic heterocycles. The van der Waals surface area contributed by atoms with Crippen molar-refractivity contribution >= 4 is 5.69 Å². The van der Waals surface area contributed by atoms with Gasteiger partial charge in [-0.3, -0.25) is 4.98 Å². The zero-order valence-corrected chi connectivity index (χ0v) is 11.1. The summed E-state index contributed by atoms with van der Waals surface area (Å²) in [5, 5.41) is 3.39. The van der Waals surface area contributed by atoms with Crippen LogP contribution >= 0.6 is 0 Å². The number of rotatable bonds is 6. The van der Waals surface area contributed by atoms with Crippen LogP contribution < -0.4 is 10.2 Å². The average Bonchev–Trinajstić information content (AvgIpc) is 3.19. The van der Waals surface area contributed by atoms with Gasteiger partial charge in [0.05, 0.1) is 11.9 Å². The molecule has 17 heavy (non-hydrogen) atoms. The van der Waals surface area contributed by atoms with Crippen molar-refractivity contribution in [2.75, 3.05) is 18.5 Å². The van der Waals surface area contributed by atoms with Crippen LogP contribution in [0.4, 0.5) is 5.69 Å². The quantitative estimate of drug-likeness (QED) is 0.818. The Morgan fingerprint density at radius 3 is 2.94 bits per heavy atom. The minimum Gasteiger partial charge on any atom is -0.370 e. The second-order valence-electron chi connectivity index (χ2n) is 4.97. The van der Waals surface area contributed by atoms with E-state index >= 15 is 0 Å². The fourth-order valence-electron chi connectivity index (χ4n) is 2.26. The second-order valence-corrected chi connectivity index (χ2v) is 4.97. The van der Waals surface area contributed by atoms with Gasteiger partial charge in [0.25, 0.3) is 0 Å². The Labute approximate surface area is 104 Å². The van der Waals surface area contributed by atoms with Gasteiger partial charge >= 0.3 is 0 Å². The van der Waals surface area contributed by atoms with E-state index in [1.165, 1.54) is 24.1 Å². The van der Waals surface area contributed by atoms with E-state index < -0.39 is 0 Å². The van der Waals surface area contributed by atoms with Crippen molar-refractivity contribution in [1.82, 2.24) is 10.3 Å². The van der Waals surface area contributed by atoms with Gasteiger partial charge in [-0.25, -0.2) is 0 Å². The summed E-state index contributed by atoms with van der Waals surface area (Å²) in [5.74, 6) is 0.882. The largest absolute Gasteiger partial charge is 0.370 e. The van der Waals surface area contributed by atoms with Gasteiger partial charge in [-0.1, -0.05) is 6.92 Å². The lowest BCUT2D eigenvalue weighted by molar-refractivity contribution is 0.604. The van der Waals surface area contributed by atoms with Crippen LogP contribution in [0.2, 0.25) is 0 Å². The van der Waals surface area contributed by atoms with E-state index in [1.54, 1.807) is 0 Å². The number of aromatic nitrogens is 1. The summed E-state index contributed by atoms with van der Waals surface area (Å²) in [4.78, 5) is 6.65. The lowest BCUT2D eigenvalue weighted by atomic mass is 10.1. The van der Waals surface area contributed by atoms with Crippen molar-refractivity contribution in [2.24, 2.45) is 5.92 Å². The molecule has 1 aromatic rings. The first-order chi connectivity index (χ1) is 8.24. The van der Waals surface area contributed by atoms with Gasteiger partial charge in [-0.05, 0) is 43.9 Å². The van der Waals surface area contributed by atoms with Gasteiger partial charge in [0.2, 0.25) is 0 Å². The summed E-state index contributed by atoms with van der Waals surface area (Å²) in [5.41, 5.74) is 2.62. The topological polar surface area (TPSA) is 28.2 Å². The first-order valence-electron chi connectivity index (χ1n) is 6.60. The van der Waals surface area contributed by atoms with Crippen LogP contribution in [0, 0.1) is 5.92 Å². The molecule has 1 saturated carbocycles. The van der Waals surface area contributed by atoms with Crippen LogP contribution in [-0.2, 0) is 6.54 Å². The van der Waals surface area contributed by atoms with E-state index in [9.17, 15) is 0 Å². The number of nitrogens with one attached hydrogen (secondary N) is 1. The van der Waals surface area contributed by atoms with E-state index in [-0.39, 0.29) is 0 Å². The standard InChI is InChI=1S/C14H23N3/c1-4-15-9-13-7-8-16-10-14(13)17(3)11(2)12-5-6-12/h7-8,10-12,15H,4-6,9H2,1-3H3. The predicted molar refractivity (Wildman–Crippen MR) is 72.2 cm³/mol. The minimum absolute atomic E-state index is 0.625.